The van der Waals surface area contributed by atoms with Gasteiger partial charge in [-0.2, -0.15) is 0 Å². The zero-order valence-electron chi connectivity index (χ0n) is 10.7. The summed E-state index contributed by atoms with van der Waals surface area (Å²) in [5.41, 5.74) is 3.28. The molecule has 0 radical (unpaired) electrons. The van der Waals surface area contributed by atoms with Crippen LogP contribution in [0.5, 0.6) is 5.88 Å². The average Bonchev–Trinajstić information content (AvgIpc) is 2.45. The molecule has 0 unspecified atom stereocenters. The zero-order chi connectivity index (χ0) is 12.8. The van der Waals surface area contributed by atoms with E-state index in [-0.39, 0.29) is 0 Å². The highest BCUT2D eigenvalue weighted by atomic mass is 16.5. The van der Waals surface area contributed by atoms with Crippen LogP contribution >= 0.6 is 0 Å². The number of hydrogen-bond acceptors (Lipinski definition) is 4. The SMILES string of the molecule is CCNCc1cncc(-c2ccc(OC)nc2)c1. The summed E-state index contributed by atoms with van der Waals surface area (Å²) in [6.07, 6.45) is 5.52. The fourth-order valence-corrected chi connectivity index (χ4v) is 1.68. The molecule has 2 aromatic heterocycles. The number of ether oxygens (including phenoxy) is 1. The maximum Gasteiger partial charge on any atom is 0.212 e. The topological polar surface area (TPSA) is 47.0 Å². The van der Waals surface area contributed by atoms with Crippen molar-refractivity contribution in [1.29, 1.82) is 0 Å². The Morgan fingerprint density at radius 3 is 2.72 bits per heavy atom. The van der Waals surface area contributed by atoms with Crippen LogP contribution in [-0.4, -0.2) is 23.6 Å². The predicted molar refractivity (Wildman–Crippen MR) is 71.4 cm³/mol. The molecule has 0 aliphatic carbocycles. The van der Waals surface area contributed by atoms with Gasteiger partial charge in [0.25, 0.3) is 0 Å². The molecule has 0 fully saturated rings. The number of aromatic nitrogens is 2. The molecular weight excluding hydrogens is 226 g/mol. The van der Waals surface area contributed by atoms with Crippen LogP contribution in [0.3, 0.4) is 0 Å². The molecule has 2 heterocycles. The fraction of sp³-hybridized carbons (Fsp3) is 0.286. The summed E-state index contributed by atoms with van der Waals surface area (Å²) in [6.45, 7) is 3.87. The molecule has 2 aromatic rings. The molecule has 4 nitrogen and oxygen atoms in total. The lowest BCUT2D eigenvalue weighted by molar-refractivity contribution is 0.398. The van der Waals surface area contributed by atoms with E-state index in [1.807, 2.05) is 24.5 Å². The lowest BCUT2D eigenvalue weighted by atomic mass is 10.1. The number of hydrogen-bond donors (Lipinski definition) is 1. The van der Waals surface area contributed by atoms with Crippen LogP contribution in [0, 0.1) is 0 Å². The number of rotatable bonds is 5. The molecule has 1 N–H and O–H groups in total. The highest BCUT2D eigenvalue weighted by Gasteiger charge is 2.01. The predicted octanol–water partition coefficient (Wildman–Crippen LogP) is 2.26. The van der Waals surface area contributed by atoms with E-state index in [1.54, 1.807) is 13.3 Å². The largest absolute Gasteiger partial charge is 0.481 e. The Kier molecular flexibility index (Phi) is 4.25. The van der Waals surface area contributed by atoms with Gasteiger partial charge in [0.2, 0.25) is 5.88 Å². The van der Waals surface area contributed by atoms with Crippen LogP contribution < -0.4 is 10.1 Å². The van der Waals surface area contributed by atoms with Crippen molar-refractivity contribution in [2.75, 3.05) is 13.7 Å². The van der Waals surface area contributed by atoms with Crippen molar-refractivity contribution in [3.63, 3.8) is 0 Å². The van der Waals surface area contributed by atoms with Gasteiger partial charge in [0.1, 0.15) is 0 Å². The maximum atomic E-state index is 5.05. The Morgan fingerprint density at radius 2 is 2.06 bits per heavy atom. The number of methoxy groups -OCH3 is 1. The van der Waals surface area contributed by atoms with E-state index in [4.69, 9.17) is 4.74 Å². The van der Waals surface area contributed by atoms with Gasteiger partial charge < -0.3 is 10.1 Å². The molecule has 0 bridgehead atoms. The summed E-state index contributed by atoms with van der Waals surface area (Å²) in [4.78, 5) is 8.46. The van der Waals surface area contributed by atoms with Crippen molar-refractivity contribution < 1.29 is 4.74 Å². The summed E-state index contributed by atoms with van der Waals surface area (Å²) in [5, 5.41) is 3.29. The van der Waals surface area contributed by atoms with Crippen LogP contribution in [0.1, 0.15) is 12.5 Å². The molecule has 0 aromatic carbocycles. The van der Waals surface area contributed by atoms with Gasteiger partial charge in [-0.1, -0.05) is 6.92 Å². The van der Waals surface area contributed by atoms with E-state index >= 15 is 0 Å². The van der Waals surface area contributed by atoms with Gasteiger partial charge in [0.15, 0.2) is 0 Å². The second kappa shape index (κ2) is 6.12. The molecule has 0 spiro atoms. The number of nitrogens with one attached hydrogen (secondary N) is 1. The Morgan fingerprint density at radius 1 is 1.17 bits per heavy atom. The first-order valence-electron chi connectivity index (χ1n) is 5.98. The smallest absolute Gasteiger partial charge is 0.212 e. The lowest BCUT2D eigenvalue weighted by Gasteiger charge is -2.06. The zero-order valence-corrected chi connectivity index (χ0v) is 10.7. The molecule has 0 aliphatic rings. The third kappa shape index (κ3) is 3.05. The van der Waals surface area contributed by atoms with Crippen molar-refractivity contribution in [3.05, 3.63) is 42.4 Å². The van der Waals surface area contributed by atoms with Gasteiger partial charge in [-0.15, -0.1) is 0 Å². The first-order valence-corrected chi connectivity index (χ1v) is 5.98. The Labute approximate surface area is 107 Å². The molecular formula is C14H17N3O. The Hall–Kier alpha value is -1.94. The number of nitrogens with zero attached hydrogens (tertiary/aromatic N) is 2. The van der Waals surface area contributed by atoms with Crippen molar-refractivity contribution in [1.82, 2.24) is 15.3 Å². The van der Waals surface area contributed by atoms with E-state index < -0.39 is 0 Å². The van der Waals surface area contributed by atoms with E-state index in [0.29, 0.717) is 5.88 Å². The molecule has 0 amide bonds. The van der Waals surface area contributed by atoms with Crippen molar-refractivity contribution >= 4 is 0 Å². The van der Waals surface area contributed by atoms with E-state index in [0.717, 1.165) is 24.2 Å². The normalized spacial score (nSPS) is 10.3. The van der Waals surface area contributed by atoms with Gasteiger partial charge in [-0.05, 0) is 24.2 Å². The summed E-state index contributed by atoms with van der Waals surface area (Å²) < 4.78 is 5.05. The molecule has 0 saturated carbocycles. The quantitative estimate of drug-likeness (QED) is 0.875. The summed E-state index contributed by atoms with van der Waals surface area (Å²) in [7, 11) is 1.61. The second-order valence-electron chi connectivity index (χ2n) is 3.95. The van der Waals surface area contributed by atoms with Crippen LogP contribution in [0.25, 0.3) is 11.1 Å². The van der Waals surface area contributed by atoms with Crippen molar-refractivity contribution in [2.45, 2.75) is 13.5 Å². The molecule has 2 rings (SSSR count). The van der Waals surface area contributed by atoms with Gasteiger partial charge in [-0.3, -0.25) is 4.98 Å². The third-order valence-corrected chi connectivity index (χ3v) is 2.65. The van der Waals surface area contributed by atoms with E-state index in [9.17, 15) is 0 Å². The highest BCUT2D eigenvalue weighted by Crippen LogP contribution is 2.20. The van der Waals surface area contributed by atoms with Crippen LogP contribution in [0.15, 0.2) is 36.8 Å². The minimum atomic E-state index is 0.621. The lowest BCUT2D eigenvalue weighted by Crippen LogP contribution is -2.11. The van der Waals surface area contributed by atoms with Crippen LogP contribution in [-0.2, 0) is 6.54 Å². The molecule has 0 saturated heterocycles. The third-order valence-electron chi connectivity index (χ3n) is 2.65. The van der Waals surface area contributed by atoms with Crippen LogP contribution in [0.4, 0.5) is 0 Å². The highest BCUT2D eigenvalue weighted by molar-refractivity contribution is 5.62. The first kappa shape index (κ1) is 12.5. The Balaban J connectivity index is 2.20. The molecule has 4 heteroatoms. The van der Waals surface area contributed by atoms with Gasteiger partial charge in [0.05, 0.1) is 7.11 Å². The van der Waals surface area contributed by atoms with Crippen molar-refractivity contribution in [2.24, 2.45) is 0 Å². The maximum absolute atomic E-state index is 5.05. The molecule has 0 aliphatic heterocycles. The fourth-order valence-electron chi connectivity index (χ4n) is 1.68. The van der Waals surface area contributed by atoms with Gasteiger partial charge >= 0.3 is 0 Å². The van der Waals surface area contributed by atoms with E-state index in [1.165, 1.54) is 5.56 Å². The summed E-state index contributed by atoms with van der Waals surface area (Å²) >= 11 is 0. The second-order valence-corrected chi connectivity index (χ2v) is 3.95. The monoisotopic (exact) mass is 243 g/mol. The van der Waals surface area contributed by atoms with Gasteiger partial charge in [-0.25, -0.2) is 4.98 Å². The summed E-state index contributed by atoms with van der Waals surface area (Å²) in [6, 6.07) is 5.96. The minimum Gasteiger partial charge on any atom is -0.481 e. The van der Waals surface area contributed by atoms with Crippen LogP contribution in [0.2, 0.25) is 0 Å². The average molecular weight is 243 g/mol. The first-order chi connectivity index (χ1) is 8.83. The standard InChI is InChI=1S/C14H17N3O/c1-3-15-7-11-6-13(9-16-8-11)12-4-5-14(18-2)17-10-12/h4-6,8-10,15H,3,7H2,1-2H3. The molecule has 94 valence electrons. The van der Waals surface area contributed by atoms with Crippen molar-refractivity contribution in [3.8, 4) is 17.0 Å². The Bertz CT molecular complexity index is 497. The summed E-state index contributed by atoms with van der Waals surface area (Å²) in [5.74, 6) is 0.621. The molecule has 0 atom stereocenters. The number of pyridine rings is 2. The molecule has 18 heavy (non-hydrogen) atoms. The van der Waals surface area contributed by atoms with E-state index in [2.05, 4.69) is 28.3 Å². The van der Waals surface area contributed by atoms with Gasteiger partial charge in [0, 0.05) is 42.3 Å². The minimum absolute atomic E-state index is 0.621.